The van der Waals surface area contributed by atoms with Gasteiger partial charge < -0.3 is 23.1 Å². The minimum Gasteiger partial charge on any atom is -0.465 e. The van der Waals surface area contributed by atoms with Crippen LogP contribution in [0.2, 0.25) is 0 Å². The second kappa shape index (κ2) is 8.89. The van der Waals surface area contributed by atoms with Gasteiger partial charge in [0.25, 0.3) is 0 Å². The van der Waals surface area contributed by atoms with Crippen LogP contribution in [0.4, 0.5) is 4.79 Å². The van der Waals surface area contributed by atoms with Crippen molar-refractivity contribution in [3.05, 3.63) is 0 Å². The Kier molecular flexibility index (Phi) is 28.1. The Morgan fingerprint density at radius 3 is 1.50 bits per heavy atom. The number of carboxylic acid groups (broad SMARTS) is 1. The maximum atomic E-state index is 8.78. The molecule has 0 aliphatic heterocycles. The Bertz CT molecular complexity index is 31.8. The first-order valence-corrected chi connectivity index (χ1v) is 0.716. The minimum absolute atomic E-state index is 0. The summed E-state index contributed by atoms with van der Waals surface area (Å²) in [6.45, 7) is 0. The second-order valence-electron chi connectivity index (χ2n) is 0.338. The van der Waals surface area contributed by atoms with Gasteiger partial charge in [0.1, 0.15) is 0 Å². The highest BCUT2D eigenvalue weighted by atomic mass is 16.4. The van der Waals surface area contributed by atoms with E-state index in [-0.39, 0.29) is 12.3 Å². The number of rotatable bonds is 0. The standard InChI is InChI=1S/CH3NO2.2H3N/c2-1(3)4;;/h2H2,(H,3,4);2*1H3. The molecule has 0 fully saturated rings. The third kappa shape index (κ3) is 23.3. The van der Waals surface area contributed by atoms with E-state index in [1.807, 2.05) is 0 Å². The quantitative estimate of drug-likeness (QED) is 0.335. The molecule has 0 spiro atoms. The van der Waals surface area contributed by atoms with Crippen molar-refractivity contribution in [1.29, 1.82) is 0 Å². The first kappa shape index (κ1) is 19.0. The number of hydrogen-bond donors (Lipinski definition) is 4. The van der Waals surface area contributed by atoms with E-state index in [1.54, 1.807) is 0 Å². The molecule has 0 aliphatic rings. The smallest absolute Gasteiger partial charge is 0.402 e. The van der Waals surface area contributed by atoms with Crippen LogP contribution < -0.4 is 18.0 Å². The number of nitrogens with two attached hydrogens (primary N) is 1. The van der Waals surface area contributed by atoms with Crippen LogP contribution in [0.1, 0.15) is 0 Å². The van der Waals surface area contributed by atoms with E-state index in [2.05, 4.69) is 5.73 Å². The summed E-state index contributed by atoms with van der Waals surface area (Å²) in [4.78, 5) is 8.78. The van der Waals surface area contributed by atoms with Crippen molar-refractivity contribution in [1.82, 2.24) is 12.3 Å². The lowest BCUT2D eigenvalue weighted by atomic mass is 11.3. The van der Waals surface area contributed by atoms with E-state index < -0.39 is 6.09 Å². The molecule has 0 radical (unpaired) electrons. The predicted molar refractivity (Wildman–Crippen MR) is 22.3 cm³/mol. The molecule has 6 heavy (non-hydrogen) atoms. The monoisotopic (exact) mass is 95.1 g/mol. The van der Waals surface area contributed by atoms with Crippen LogP contribution in [0.25, 0.3) is 0 Å². The molecule has 0 atom stereocenters. The molecule has 1 amide bonds. The van der Waals surface area contributed by atoms with Crippen molar-refractivity contribution in [2.24, 2.45) is 5.73 Å². The van der Waals surface area contributed by atoms with E-state index in [9.17, 15) is 0 Å². The maximum Gasteiger partial charge on any atom is 0.402 e. The molecule has 0 bridgehead atoms. The molecular formula is CH9N3O2. The number of primary amides is 1. The van der Waals surface area contributed by atoms with E-state index in [4.69, 9.17) is 9.90 Å². The maximum absolute atomic E-state index is 8.78. The van der Waals surface area contributed by atoms with Crippen molar-refractivity contribution < 1.29 is 9.90 Å². The zero-order valence-electron chi connectivity index (χ0n) is 3.35. The van der Waals surface area contributed by atoms with Gasteiger partial charge in [0.15, 0.2) is 0 Å². The second-order valence-corrected chi connectivity index (χ2v) is 0.338. The zero-order valence-corrected chi connectivity index (χ0v) is 3.35. The summed E-state index contributed by atoms with van der Waals surface area (Å²) in [7, 11) is 0. The van der Waals surface area contributed by atoms with Gasteiger partial charge in [0, 0.05) is 0 Å². The van der Waals surface area contributed by atoms with Crippen molar-refractivity contribution in [2.45, 2.75) is 0 Å². The zero-order chi connectivity index (χ0) is 3.58. The lowest BCUT2D eigenvalue weighted by Crippen LogP contribution is -2.03. The Labute approximate surface area is 35.3 Å². The van der Waals surface area contributed by atoms with Crippen molar-refractivity contribution in [2.75, 3.05) is 0 Å². The number of amides is 1. The molecule has 5 nitrogen and oxygen atoms in total. The lowest BCUT2D eigenvalue weighted by molar-refractivity contribution is 0.205. The fourth-order valence-corrected chi connectivity index (χ4v) is 0. The van der Waals surface area contributed by atoms with Gasteiger partial charge in [-0.3, -0.25) is 0 Å². The summed E-state index contributed by atoms with van der Waals surface area (Å²) in [5.74, 6) is 0. The van der Waals surface area contributed by atoms with E-state index >= 15 is 0 Å². The largest absolute Gasteiger partial charge is 0.465 e. The highest BCUT2D eigenvalue weighted by Gasteiger charge is 1.65. The van der Waals surface area contributed by atoms with Crippen molar-refractivity contribution in [3.63, 3.8) is 0 Å². The van der Waals surface area contributed by atoms with Crippen LogP contribution in [0.5, 0.6) is 0 Å². The third-order valence-electron chi connectivity index (χ3n) is 0. The first-order chi connectivity index (χ1) is 1.73. The molecule has 0 aromatic carbocycles. The van der Waals surface area contributed by atoms with Crippen LogP contribution in [0.15, 0.2) is 0 Å². The summed E-state index contributed by atoms with van der Waals surface area (Å²) in [5, 5.41) is 7.19. The fourth-order valence-electron chi connectivity index (χ4n) is 0. The summed E-state index contributed by atoms with van der Waals surface area (Å²) >= 11 is 0. The highest BCUT2D eigenvalue weighted by molar-refractivity contribution is 5.61. The SMILES string of the molecule is N.N.NC(=O)O. The summed E-state index contributed by atoms with van der Waals surface area (Å²) in [5.41, 5.74) is 4.03. The average Bonchev–Trinajstić information content (AvgIpc) is 0.811. The third-order valence-corrected chi connectivity index (χ3v) is 0. The van der Waals surface area contributed by atoms with Crippen LogP contribution in [-0.4, -0.2) is 11.2 Å². The Morgan fingerprint density at radius 1 is 1.50 bits per heavy atom. The van der Waals surface area contributed by atoms with Crippen LogP contribution >= 0.6 is 0 Å². The Hall–Kier alpha value is -0.810. The molecule has 0 saturated heterocycles. The number of carbonyl (C=O) groups is 1. The molecule has 0 rings (SSSR count). The van der Waals surface area contributed by atoms with Gasteiger partial charge >= 0.3 is 6.09 Å². The molecule has 0 heterocycles. The molecule has 0 aromatic rings. The first-order valence-electron chi connectivity index (χ1n) is 0.716. The van der Waals surface area contributed by atoms with Gasteiger partial charge in [-0.25, -0.2) is 4.79 Å². The molecule has 0 aromatic heterocycles. The Balaban J connectivity index is -0.0000000450. The molecule has 40 valence electrons. The van der Waals surface area contributed by atoms with Gasteiger partial charge in [0.2, 0.25) is 0 Å². The van der Waals surface area contributed by atoms with E-state index in [1.165, 1.54) is 0 Å². The fraction of sp³-hybridized carbons (Fsp3) is 0. The predicted octanol–water partition coefficient (Wildman–Crippen LogP) is -0.0529. The topological polar surface area (TPSA) is 133 Å². The molecular weight excluding hydrogens is 86.0 g/mol. The molecule has 9 N–H and O–H groups in total. The number of hydrogen-bond acceptors (Lipinski definition) is 3. The normalized spacial score (nSPS) is 4.00. The van der Waals surface area contributed by atoms with Crippen molar-refractivity contribution >= 4 is 6.09 Å². The van der Waals surface area contributed by atoms with E-state index in [0.717, 1.165) is 0 Å². The van der Waals surface area contributed by atoms with Gasteiger partial charge in [0.05, 0.1) is 0 Å². The van der Waals surface area contributed by atoms with Crippen LogP contribution in [0.3, 0.4) is 0 Å². The molecule has 0 unspecified atom stereocenters. The summed E-state index contributed by atoms with van der Waals surface area (Å²) in [6, 6.07) is 0. The Morgan fingerprint density at radius 2 is 1.50 bits per heavy atom. The lowest BCUT2D eigenvalue weighted by Gasteiger charge is -1.61. The molecule has 0 aliphatic carbocycles. The molecule has 5 heteroatoms. The van der Waals surface area contributed by atoms with Gasteiger partial charge in [-0.2, -0.15) is 0 Å². The van der Waals surface area contributed by atoms with Gasteiger partial charge in [-0.15, -0.1) is 0 Å². The van der Waals surface area contributed by atoms with Gasteiger partial charge in [-0.05, 0) is 0 Å². The summed E-state index contributed by atoms with van der Waals surface area (Å²) < 4.78 is 0. The van der Waals surface area contributed by atoms with Crippen LogP contribution in [-0.2, 0) is 0 Å². The highest BCUT2D eigenvalue weighted by Crippen LogP contribution is 1.34. The van der Waals surface area contributed by atoms with Gasteiger partial charge in [-0.1, -0.05) is 0 Å². The average molecular weight is 95.1 g/mol. The minimum atomic E-state index is -1.33. The van der Waals surface area contributed by atoms with Crippen molar-refractivity contribution in [3.8, 4) is 0 Å². The molecule has 0 saturated carbocycles. The van der Waals surface area contributed by atoms with E-state index in [0.29, 0.717) is 0 Å². The van der Waals surface area contributed by atoms with Crippen LogP contribution in [0, 0.1) is 0 Å². The summed E-state index contributed by atoms with van der Waals surface area (Å²) in [6.07, 6.45) is -1.33.